The van der Waals surface area contributed by atoms with Crippen molar-refractivity contribution in [2.75, 3.05) is 13.2 Å². The Hall–Kier alpha value is -1.72. The third kappa shape index (κ3) is 2.52. The van der Waals surface area contributed by atoms with Crippen LogP contribution in [0.15, 0.2) is 29.6 Å². The standard InChI is InChI=1S/C14H13NO3S/c16-14(17)10-3-1-2-9(6-10)12-8-19-13(15-12)11-4-5-18-7-11/h1-3,6,8,11H,4-5,7H2,(H,16,17). The highest BCUT2D eigenvalue weighted by molar-refractivity contribution is 7.10. The Kier molecular flexibility index (Phi) is 3.31. The molecule has 19 heavy (non-hydrogen) atoms. The number of ether oxygens (including phenoxy) is 1. The molecule has 1 fully saturated rings. The van der Waals surface area contributed by atoms with Crippen molar-refractivity contribution in [1.82, 2.24) is 4.98 Å². The quantitative estimate of drug-likeness (QED) is 0.935. The van der Waals surface area contributed by atoms with E-state index in [4.69, 9.17) is 9.84 Å². The number of carboxylic acids is 1. The number of aromatic nitrogens is 1. The third-order valence-corrected chi connectivity index (χ3v) is 4.21. The van der Waals surface area contributed by atoms with Gasteiger partial charge in [0.05, 0.1) is 22.9 Å². The van der Waals surface area contributed by atoms with Gasteiger partial charge in [-0.25, -0.2) is 9.78 Å². The highest BCUT2D eigenvalue weighted by Crippen LogP contribution is 2.31. The van der Waals surface area contributed by atoms with E-state index in [0.29, 0.717) is 5.92 Å². The van der Waals surface area contributed by atoms with Crippen molar-refractivity contribution in [3.05, 3.63) is 40.2 Å². The molecule has 3 rings (SSSR count). The van der Waals surface area contributed by atoms with Gasteiger partial charge >= 0.3 is 5.97 Å². The minimum Gasteiger partial charge on any atom is -0.478 e. The van der Waals surface area contributed by atoms with Crippen LogP contribution in [0.3, 0.4) is 0 Å². The first-order chi connectivity index (χ1) is 9.24. The minimum atomic E-state index is -0.915. The molecule has 1 N–H and O–H groups in total. The van der Waals surface area contributed by atoms with Crippen LogP contribution in [0, 0.1) is 0 Å². The first-order valence-electron chi connectivity index (χ1n) is 6.11. The zero-order chi connectivity index (χ0) is 13.2. The van der Waals surface area contributed by atoms with Crippen molar-refractivity contribution in [2.24, 2.45) is 0 Å². The number of thiazole rings is 1. The van der Waals surface area contributed by atoms with Crippen molar-refractivity contribution in [1.29, 1.82) is 0 Å². The summed E-state index contributed by atoms with van der Waals surface area (Å²) < 4.78 is 5.37. The lowest BCUT2D eigenvalue weighted by Crippen LogP contribution is -1.97. The van der Waals surface area contributed by atoms with Gasteiger partial charge in [0.15, 0.2) is 0 Å². The van der Waals surface area contributed by atoms with Crippen molar-refractivity contribution in [3.63, 3.8) is 0 Å². The van der Waals surface area contributed by atoms with Crippen molar-refractivity contribution in [2.45, 2.75) is 12.3 Å². The molecule has 1 atom stereocenters. The lowest BCUT2D eigenvalue weighted by Gasteiger charge is -2.02. The van der Waals surface area contributed by atoms with Crippen LogP contribution in [-0.2, 0) is 4.74 Å². The fraction of sp³-hybridized carbons (Fsp3) is 0.286. The van der Waals surface area contributed by atoms with Gasteiger partial charge in [0.25, 0.3) is 0 Å². The maximum atomic E-state index is 11.0. The maximum Gasteiger partial charge on any atom is 0.335 e. The number of carbonyl (C=O) groups is 1. The molecule has 1 aliphatic rings. The molecule has 0 amide bonds. The van der Waals surface area contributed by atoms with E-state index in [9.17, 15) is 4.79 Å². The Morgan fingerprint density at radius 2 is 2.37 bits per heavy atom. The molecule has 1 aromatic heterocycles. The fourth-order valence-corrected chi connectivity index (χ4v) is 3.10. The number of rotatable bonds is 3. The number of hydrogen-bond acceptors (Lipinski definition) is 4. The molecule has 0 bridgehead atoms. The first-order valence-corrected chi connectivity index (χ1v) is 6.99. The van der Waals surface area contributed by atoms with E-state index < -0.39 is 5.97 Å². The molecular formula is C14H13NO3S. The Morgan fingerprint density at radius 3 is 3.11 bits per heavy atom. The first kappa shape index (κ1) is 12.3. The van der Waals surface area contributed by atoms with Crippen molar-refractivity contribution >= 4 is 17.3 Å². The van der Waals surface area contributed by atoms with Gasteiger partial charge in [-0.1, -0.05) is 12.1 Å². The predicted molar refractivity (Wildman–Crippen MR) is 72.7 cm³/mol. The van der Waals surface area contributed by atoms with Gasteiger partial charge in [-0.3, -0.25) is 0 Å². The van der Waals surface area contributed by atoms with E-state index >= 15 is 0 Å². The summed E-state index contributed by atoms with van der Waals surface area (Å²) in [6, 6.07) is 6.88. The minimum absolute atomic E-state index is 0.288. The van der Waals surface area contributed by atoms with Gasteiger partial charge < -0.3 is 9.84 Å². The number of aromatic carboxylic acids is 1. The van der Waals surface area contributed by atoms with E-state index in [1.165, 1.54) is 0 Å². The Morgan fingerprint density at radius 1 is 1.47 bits per heavy atom. The van der Waals surface area contributed by atoms with Gasteiger partial charge in [0.2, 0.25) is 0 Å². The summed E-state index contributed by atoms with van der Waals surface area (Å²) in [7, 11) is 0. The average Bonchev–Trinajstić information content (AvgIpc) is 3.09. The smallest absolute Gasteiger partial charge is 0.335 e. The zero-order valence-electron chi connectivity index (χ0n) is 10.2. The van der Waals surface area contributed by atoms with Crippen LogP contribution in [-0.4, -0.2) is 29.3 Å². The van der Waals surface area contributed by atoms with E-state index in [-0.39, 0.29) is 5.56 Å². The summed E-state index contributed by atoms with van der Waals surface area (Å²) in [6.07, 6.45) is 1.02. The lowest BCUT2D eigenvalue weighted by atomic mass is 10.1. The molecule has 1 aromatic carbocycles. The van der Waals surface area contributed by atoms with Crippen LogP contribution in [0.2, 0.25) is 0 Å². The molecule has 0 spiro atoms. The second-order valence-corrected chi connectivity index (χ2v) is 5.41. The third-order valence-electron chi connectivity index (χ3n) is 3.21. The molecule has 2 heterocycles. The largest absolute Gasteiger partial charge is 0.478 e. The fourth-order valence-electron chi connectivity index (χ4n) is 2.15. The molecule has 98 valence electrons. The monoisotopic (exact) mass is 275 g/mol. The highest BCUT2D eigenvalue weighted by Gasteiger charge is 2.21. The van der Waals surface area contributed by atoms with Crippen LogP contribution < -0.4 is 0 Å². The topological polar surface area (TPSA) is 59.4 Å². The SMILES string of the molecule is O=C(O)c1cccc(-c2csc(C3CCOC3)n2)c1. The van der Waals surface area contributed by atoms with Crippen molar-refractivity contribution < 1.29 is 14.6 Å². The molecular weight excluding hydrogens is 262 g/mol. The summed E-state index contributed by atoms with van der Waals surface area (Å²) >= 11 is 1.62. The molecule has 1 saturated heterocycles. The van der Waals surface area contributed by atoms with Gasteiger partial charge in [-0.05, 0) is 18.6 Å². The number of benzene rings is 1. The molecule has 0 radical (unpaired) electrons. The molecule has 2 aromatic rings. The number of hydrogen-bond donors (Lipinski definition) is 1. The van der Waals surface area contributed by atoms with E-state index in [2.05, 4.69) is 4.98 Å². The number of carboxylic acid groups (broad SMARTS) is 1. The summed E-state index contributed by atoms with van der Waals surface area (Å²) in [4.78, 5) is 15.6. The van der Waals surface area contributed by atoms with Gasteiger partial charge in [0, 0.05) is 23.5 Å². The molecule has 0 saturated carbocycles. The second-order valence-electron chi connectivity index (χ2n) is 4.52. The Labute approximate surface area is 114 Å². The van der Waals surface area contributed by atoms with Crippen LogP contribution in [0.5, 0.6) is 0 Å². The highest BCUT2D eigenvalue weighted by atomic mass is 32.1. The molecule has 0 aliphatic carbocycles. The summed E-state index contributed by atoms with van der Waals surface area (Å²) in [5.74, 6) is -0.525. The van der Waals surface area contributed by atoms with Gasteiger partial charge in [0.1, 0.15) is 0 Å². The summed E-state index contributed by atoms with van der Waals surface area (Å²) in [5.41, 5.74) is 1.98. The second kappa shape index (κ2) is 5.11. The van der Waals surface area contributed by atoms with Crippen molar-refractivity contribution in [3.8, 4) is 11.3 Å². The van der Waals surface area contributed by atoms with Crippen LogP contribution >= 0.6 is 11.3 Å². The molecule has 5 heteroatoms. The maximum absolute atomic E-state index is 11.0. The van der Waals surface area contributed by atoms with E-state index in [0.717, 1.165) is 35.9 Å². The molecule has 4 nitrogen and oxygen atoms in total. The van der Waals surface area contributed by atoms with Crippen LogP contribution in [0.4, 0.5) is 0 Å². The predicted octanol–water partition coefficient (Wildman–Crippen LogP) is 3.01. The lowest BCUT2D eigenvalue weighted by molar-refractivity contribution is 0.0697. The van der Waals surface area contributed by atoms with Gasteiger partial charge in [-0.15, -0.1) is 11.3 Å². The summed E-state index contributed by atoms with van der Waals surface area (Å²) in [5, 5.41) is 12.1. The van der Waals surface area contributed by atoms with Gasteiger partial charge in [-0.2, -0.15) is 0 Å². The van der Waals surface area contributed by atoms with Crippen LogP contribution in [0.1, 0.15) is 27.7 Å². The van der Waals surface area contributed by atoms with E-state index in [1.807, 2.05) is 11.4 Å². The Bertz CT molecular complexity index is 602. The normalized spacial score (nSPS) is 18.6. The molecule has 1 aliphatic heterocycles. The zero-order valence-corrected chi connectivity index (χ0v) is 11.0. The summed E-state index contributed by atoms with van der Waals surface area (Å²) in [6.45, 7) is 1.54. The van der Waals surface area contributed by atoms with Crippen LogP contribution in [0.25, 0.3) is 11.3 Å². The van der Waals surface area contributed by atoms with E-state index in [1.54, 1.807) is 29.5 Å². The number of nitrogens with zero attached hydrogens (tertiary/aromatic N) is 1. The Balaban J connectivity index is 1.89. The average molecular weight is 275 g/mol. The molecule has 1 unspecified atom stereocenters.